The number of nitrogens with one attached hydrogen (secondary N) is 1. The fourth-order valence-electron chi connectivity index (χ4n) is 2.97. The second-order valence-corrected chi connectivity index (χ2v) is 6.46. The van der Waals surface area contributed by atoms with Crippen molar-refractivity contribution < 1.29 is 4.74 Å². The molecule has 3 unspecified atom stereocenters. The number of ether oxygens (including phenoxy) is 1. The SMILES string of the molecule is CNC(CCN1CC(C)CCC1C)C(C)(C)OC. The molecule has 108 valence electrons. The van der Waals surface area contributed by atoms with Crippen LogP contribution in [-0.2, 0) is 4.74 Å². The standard InChI is InChI=1S/C15H32N2O/c1-12-7-8-13(2)17(11-12)10-9-14(16-5)15(3,4)18-6/h12-14,16H,7-11H2,1-6H3. The van der Waals surface area contributed by atoms with Gasteiger partial charge in [-0.2, -0.15) is 0 Å². The molecule has 0 aromatic heterocycles. The molecule has 3 nitrogen and oxygen atoms in total. The Kier molecular flexibility index (Phi) is 6.09. The molecule has 3 heteroatoms. The largest absolute Gasteiger partial charge is 0.377 e. The zero-order valence-corrected chi connectivity index (χ0v) is 13.1. The second-order valence-electron chi connectivity index (χ2n) is 6.46. The van der Waals surface area contributed by atoms with Crippen LogP contribution in [0, 0.1) is 5.92 Å². The number of likely N-dealkylation sites (tertiary alicyclic amines) is 1. The second kappa shape index (κ2) is 6.88. The summed E-state index contributed by atoms with van der Waals surface area (Å²) >= 11 is 0. The Hall–Kier alpha value is -0.120. The molecule has 1 rings (SSSR count). The van der Waals surface area contributed by atoms with Gasteiger partial charge in [0.05, 0.1) is 5.60 Å². The van der Waals surface area contributed by atoms with Crippen molar-refractivity contribution in [3.63, 3.8) is 0 Å². The van der Waals surface area contributed by atoms with E-state index in [1.165, 1.54) is 25.9 Å². The van der Waals surface area contributed by atoms with Crippen molar-refractivity contribution in [2.45, 2.75) is 64.6 Å². The molecule has 1 aliphatic rings. The van der Waals surface area contributed by atoms with E-state index in [0.717, 1.165) is 18.4 Å². The highest BCUT2D eigenvalue weighted by Gasteiger charge is 2.29. The van der Waals surface area contributed by atoms with Crippen molar-refractivity contribution in [2.75, 3.05) is 27.2 Å². The Labute approximate surface area is 113 Å². The maximum atomic E-state index is 5.60. The topological polar surface area (TPSA) is 24.5 Å². The molecular formula is C15H32N2O. The minimum Gasteiger partial charge on any atom is -0.377 e. The molecule has 0 aromatic rings. The van der Waals surface area contributed by atoms with Crippen LogP contribution in [0.15, 0.2) is 0 Å². The van der Waals surface area contributed by atoms with Crippen molar-refractivity contribution in [1.82, 2.24) is 10.2 Å². The Morgan fingerprint density at radius 2 is 2.00 bits per heavy atom. The van der Waals surface area contributed by atoms with E-state index >= 15 is 0 Å². The fourth-order valence-corrected chi connectivity index (χ4v) is 2.97. The summed E-state index contributed by atoms with van der Waals surface area (Å²) in [4.78, 5) is 2.64. The fraction of sp³-hybridized carbons (Fsp3) is 1.00. The van der Waals surface area contributed by atoms with Crippen LogP contribution in [0.2, 0.25) is 0 Å². The van der Waals surface area contributed by atoms with Crippen LogP contribution in [0.25, 0.3) is 0 Å². The molecule has 18 heavy (non-hydrogen) atoms. The number of piperidine rings is 1. The lowest BCUT2D eigenvalue weighted by Gasteiger charge is -2.39. The first-order valence-corrected chi connectivity index (χ1v) is 7.37. The van der Waals surface area contributed by atoms with Gasteiger partial charge in [0.2, 0.25) is 0 Å². The highest BCUT2D eigenvalue weighted by molar-refractivity contribution is 4.86. The van der Waals surface area contributed by atoms with Crippen LogP contribution < -0.4 is 5.32 Å². The molecule has 1 saturated heterocycles. The zero-order chi connectivity index (χ0) is 13.8. The van der Waals surface area contributed by atoms with Crippen molar-refractivity contribution >= 4 is 0 Å². The van der Waals surface area contributed by atoms with Gasteiger partial charge in [-0.3, -0.25) is 0 Å². The lowest BCUT2D eigenvalue weighted by atomic mass is 9.92. The third-order valence-corrected chi connectivity index (χ3v) is 4.67. The van der Waals surface area contributed by atoms with Crippen LogP contribution in [0.3, 0.4) is 0 Å². The number of likely N-dealkylation sites (N-methyl/N-ethyl adjacent to an activating group) is 1. The maximum absolute atomic E-state index is 5.60. The van der Waals surface area contributed by atoms with E-state index in [1.54, 1.807) is 7.11 Å². The van der Waals surface area contributed by atoms with E-state index in [-0.39, 0.29) is 5.60 Å². The number of nitrogens with zero attached hydrogens (tertiary/aromatic N) is 1. The van der Waals surface area contributed by atoms with Crippen LogP contribution in [0.4, 0.5) is 0 Å². The van der Waals surface area contributed by atoms with E-state index in [2.05, 4.69) is 37.9 Å². The predicted octanol–water partition coefficient (Wildman–Crippen LogP) is 2.51. The smallest absolute Gasteiger partial charge is 0.0775 e. The molecule has 0 saturated carbocycles. The Morgan fingerprint density at radius 1 is 1.33 bits per heavy atom. The summed E-state index contributed by atoms with van der Waals surface area (Å²) in [6.45, 7) is 11.5. The molecule has 0 aliphatic carbocycles. The molecular weight excluding hydrogens is 224 g/mol. The van der Waals surface area contributed by atoms with Crippen LogP contribution in [-0.4, -0.2) is 49.8 Å². The number of rotatable bonds is 6. The van der Waals surface area contributed by atoms with E-state index in [4.69, 9.17) is 4.74 Å². The highest BCUT2D eigenvalue weighted by atomic mass is 16.5. The minimum absolute atomic E-state index is 0.0978. The van der Waals surface area contributed by atoms with Gasteiger partial charge in [0.15, 0.2) is 0 Å². The quantitative estimate of drug-likeness (QED) is 0.790. The first kappa shape index (κ1) is 15.9. The third kappa shape index (κ3) is 4.22. The summed E-state index contributed by atoms with van der Waals surface area (Å²) in [5.74, 6) is 0.852. The summed E-state index contributed by atoms with van der Waals surface area (Å²) in [5.41, 5.74) is -0.0978. The lowest BCUT2D eigenvalue weighted by molar-refractivity contribution is -0.0152. The highest BCUT2D eigenvalue weighted by Crippen LogP contribution is 2.23. The van der Waals surface area contributed by atoms with E-state index in [9.17, 15) is 0 Å². The Morgan fingerprint density at radius 3 is 2.56 bits per heavy atom. The van der Waals surface area contributed by atoms with E-state index < -0.39 is 0 Å². The average molecular weight is 256 g/mol. The first-order valence-electron chi connectivity index (χ1n) is 7.37. The average Bonchev–Trinajstić information content (AvgIpc) is 2.34. The van der Waals surface area contributed by atoms with Gasteiger partial charge >= 0.3 is 0 Å². The molecule has 3 atom stereocenters. The summed E-state index contributed by atoms with van der Waals surface area (Å²) < 4.78 is 5.60. The Balaban J connectivity index is 2.47. The summed E-state index contributed by atoms with van der Waals surface area (Å²) in [6, 6.07) is 1.15. The normalized spacial score (nSPS) is 28.3. The molecule has 0 radical (unpaired) electrons. The zero-order valence-electron chi connectivity index (χ0n) is 13.1. The molecule has 0 spiro atoms. The number of hydrogen-bond acceptors (Lipinski definition) is 3. The van der Waals surface area contributed by atoms with E-state index in [0.29, 0.717) is 6.04 Å². The van der Waals surface area contributed by atoms with Crippen LogP contribution in [0.1, 0.15) is 47.0 Å². The van der Waals surface area contributed by atoms with Gasteiger partial charge in [-0.1, -0.05) is 6.92 Å². The van der Waals surface area contributed by atoms with Crippen molar-refractivity contribution in [2.24, 2.45) is 5.92 Å². The van der Waals surface area contributed by atoms with Crippen molar-refractivity contribution in [1.29, 1.82) is 0 Å². The molecule has 1 aliphatic heterocycles. The molecule has 0 bridgehead atoms. The molecule has 1 fully saturated rings. The summed E-state index contributed by atoms with van der Waals surface area (Å²) in [5, 5.41) is 3.41. The third-order valence-electron chi connectivity index (χ3n) is 4.67. The van der Waals surface area contributed by atoms with Gasteiger partial charge in [0.1, 0.15) is 0 Å². The summed E-state index contributed by atoms with van der Waals surface area (Å²) in [7, 11) is 3.84. The maximum Gasteiger partial charge on any atom is 0.0775 e. The van der Waals surface area contributed by atoms with Crippen molar-refractivity contribution in [3.8, 4) is 0 Å². The first-order chi connectivity index (χ1) is 8.40. The molecule has 0 aromatic carbocycles. The van der Waals surface area contributed by atoms with Gasteiger partial charge in [-0.15, -0.1) is 0 Å². The van der Waals surface area contributed by atoms with Crippen LogP contribution in [0.5, 0.6) is 0 Å². The van der Waals surface area contributed by atoms with Gasteiger partial charge in [0.25, 0.3) is 0 Å². The summed E-state index contributed by atoms with van der Waals surface area (Å²) in [6.07, 6.45) is 3.88. The molecule has 0 amide bonds. The predicted molar refractivity (Wildman–Crippen MR) is 78.0 cm³/mol. The number of methoxy groups -OCH3 is 1. The van der Waals surface area contributed by atoms with Gasteiger partial charge in [-0.25, -0.2) is 0 Å². The van der Waals surface area contributed by atoms with Crippen molar-refractivity contribution in [3.05, 3.63) is 0 Å². The van der Waals surface area contributed by atoms with Gasteiger partial charge in [-0.05, 0) is 53.0 Å². The Bertz CT molecular complexity index is 243. The molecule has 1 heterocycles. The lowest BCUT2D eigenvalue weighted by Crippen LogP contribution is -2.50. The van der Waals surface area contributed by atoms with Gasteiger partial charge < -0.3 is 15.0 Å². The van der Waals surface area contributed by atoms with E-state index in [1.807, 2.05) is 7.05 Å². The molecule has 1 N–H and O–H groups in total. The van der Waals surface area contributed by atoms with Crippen LogP contribution >= 0.6 is 0 Å². The number of hydrogen-bond donors (Lipinski definition) is 1. The van der Waals surface area contributed by atoms with Gasteiger partial charge in [0, 0.05) is 32.3 Å². The monoisotopic (exact) mass is 256 g/mol. The minimum atomic E-state index is -0.0978.